The van der Waals surface area contributed by atoms with E-state index in [4.69, 9.17) is 0 Å². The second kappa shape index (κ2) is 5.43. The standard InChI is InChI=1S/C15H25N3/c1-18-11-12(10-17-18)9-16-15-7-6-13-4-2-3-5-14(13)8-15/h10-11,13-16H,2-9H2,1H3. The van der Waals surface area contributed by atoms with Crippen LogP contribution in [0.2, 0.25) is 0 Å². The van der Waals surface area contributed by atoms with Crippen LogP contribution in [0.1, 0.15) is 50.5 Å². The predicted molar refractivity (Wildman–Crippen MR) is 73.1 cm³/mol. The lowest BCUT2D eigenvalue weighted by Gasteiger charge is -2.39. The zero-order valence-electron chi connectivity index (χ0n) is 11.4. The number of hydrogen-bond donors (Lipinski definition) is 1. The summed E-state index contributed by atoms with van der Waals surface area (Å²) in [4.78, 5) is 0. The normalized spacial score (nSPS) is 32.2. The molecule has 100 valence electrons. The third-order valence-corrected chi connectivity index (χ3v) is 4.89. The van der Waals surface area contributed by atoms with E-state index >= 15 is 0 Å². The van der Waals surface area contributed by atoms with Gasteiger partial charge in [-0.15, -0.1) is 0 Å². The van der Waals surface area contributed by atoms with Crippen molar-refractivity contribution in [1.82, 2.24) is 15.1 Å². The summed E-state index contributed by atoms with van der Waals surface area (Å²) >= 11 is 0. The summed E-state index contributed by atoms with van der Waals surface area (Å²) in [6.45, 7) is 0.982. The van der Waals surface area contributed by atoms with Gasteiger partial charge >= 0.3 is 0 Å². The zero-order valence-corrected chi connectivity index (χ0v) is 11.4. The molecule has 0 spiro atoms. The van der Waals surface area contributed by atoms with Gasteiger partial charge in [-0.05, 0) is 31.1 Å². The maximum atomic E-state index is 4.22. The highest BCUT2D eigenvalue weighted by molar-refractivity contribution is 5.03. The maximum absolute atomic E-state index is 4.22. The monoisotopic (exact) mass is 247 g/mol. The molecule has 0 aliphatic heterocycles. The predicted octanol–water partition coefficient (Wildman–Crippen LogP) is 2.87. The number of nitrogens with one attached hydrogen (secondary N) is 1. The lowest BCUT2D eigenvalue weighted by molar-refractivity contribution is 0.143. The first-order chi connectivity index (χ1) is 8.81. The molecule has 3 rings (SSSR count). The molecule has 0 amide bonds. The highest BCUT2D eigenvalue weighted by Gasteiger charge is 2.31. The van der Waals surface area contributed by atoms with Crippen LogP contribution in [-0.4, -0.2) is 15.8 Å². The third kappa shape index (κ3) is 2.77. The summed E-state index contributed by atoms with van der Waals surface area (Å²) in [5.41, 5.74) is 1.31. The quantitative estimate of drug-likeness (QED) is 0.890. The molecule has 2 fully saturated rings. The SMILES string of the molecule is Cn1cc(CNC2CCC3CCCCC3C2)cn1. The van der Waals surface area contributed by atoms with E-state index in [0.29, 0.717) is 0 Å². The minimum Gasteiger partial charge on any atom is -0.310 e. The van der Waals surface area contributed by atoms with Gasteiger partial charge in [0.05, 0.1) is 6.20 Å². The maximum Gasteiger partial charge on any atom is 0.0534 e. The Balaban J connectivity index is 1.49. The molecule has 3 unspecified atom stereocenters. The smallest absolute Gasteiger partial charge is 0.0534 e. The molecule has 2 saturated carbocycles. The minimum absolute atomic E-state index is 0.740. The molecule has 3 atom stereocenters. The van der Waals surface area contributed by atoms with Gasteiger partial charge in [-0.25, -0.2) is 0 Å². The number of aryl methyl sites for hydroxylation is 1. The van der Waals surface area contributed by atoms with Crippen molar-refractivity contribution in [2.24, 2.45) is 18.9 Å². The summed E-state index contributed by atoms with van der Waals surface area (Å²) in [5, 5.41) is 7.95. The van der Waals surface area contributed by atoms with E-state index in [0.717, 1.165) is 24.4 Å². The molecule has 1 aromatic heterocycles. The topological polar surface area (TPSA) is 29.9 Å². The molecule has 0 bridgehead atoms. The van der Waals surface area contributed by atoms with Crippen molar-refractivity contribution in [2.45, 2.75) is 57.5 Å². The largest absolute Gasteiger partial charge is 0.310 e. The summed E-state index contributed by atoms with van der Waals surface area (Å²) in [7, 11) is 1.98. The van der Waals surface area contributed by atoms with Gasteiger partial charge in [-0.1, -0.05) is 25.7 Å². The van der Waals surface area contributed by atoms with Crippen molar-refractivity contribution < 1.29 is 0 Å². The molecule has 1 aromatic rings. The Hall–Kier alpha value is -0.830. The van der Waals surface area contributed by atoms with Crippen LogP contribution in [0.3, 0.4) is 0 Å². The minimum atomic E-state index is 0.740. The summed E-state index contributed by atoms with van der Waals surface area (Å²) in [6, 6.07) is 0.740. The van der Waals surface area contributed by atoms with E-state index < -0.39 is 0 Å². The first-order valence-electron chi connectivity index (χ1n) is 7.52. The Labute approximate surface area is 110 Å². The molecule has 3 nitrogen and oxygen atoms in total. The first kappa shape index (κ1) is 12.2. The number of fused-ring (bicyclic) bond motifs is 1. The summed E-state index contributed by atoms with van der Waals surface area (Å²) in [6.07, 6.45) is 14.3. The number of hydrogen-bond acceptors (Lipinski definition) is 2. The van der Waals surface area contributed by atoms with Crippen molar-refractivity contribution in [3.05, 3.63) is 18.0 Å². The molecule has 0 saturated heterocycles. The van der Waals surface area contributed by atoms with E-state index in [2.05, 4.69) is 16.6 Å². The molecule has 0 radical (unpaired) electrons. The third-order valence-electron chi connectivity index (χ3n) is 4.89. The lowest BCUT2D eigenvalue weighted by atomic mass is 9.69. The van der Waals surface area contributed by atoms with Gasteiger partial charge in [0.25, 0.3) is 0 Å². The average molecular weight is 247 g/mol. The van der Waals surface area contributed by atoms with Crippen molar-refractivity contribution in [2.75, 3.05) is 0 Å². The number of rotatable bonds is 3. The van der Waals surface area contributed by atoms with E-state index in [9.17, 15) is 0 Å². The van der Waals surface area contributed by atoms with Crippen molar-refractivity contribution >= 4 is 0 Å². The first-order valence-corrected chi connectivity index (χ1v) is 7.52. The van der Waals surface area contributed by atoms with Crippen LogP contribution < -0.4 is 5.32 Å². The molecular weight excluding hydrogens is 222 g/mol. The Kier molecular flexibility index (Phi) is 3.69. The second-order valence-electron chi connectivity index (χ2n) is 6.22. The van der Waals surface area contributed by atoms with Gasteiger partial charge < -0.3 is 5.32 Å². The number of aromatic nitrogens is 2. The molecule has 18 heavy (non-hydrogen) atoms. The van der Waals surface area contributed by atoms with E-state index in [1.54, 1.807) is 0 Å². The second-order valence-corrected chi connectivity index (χ2v) is 6.22. The molecule has 2 aliphatic carbocycles. The molecule has 1 heterocycles. The Bertz CT molecular complexity index is 385. The molecule has 2 aliphatic rings. The van der Waals surface area contributed by atoms with Crippen LogP contribution in [0.15, 0.2) is 12.4 Å². The number of nitrogens with zero attached hydrogens (tertiary/aromatic N) is 2. The highest BCUT2D eigenvalue weighted by Crippen LogP contribution is 2.40. The van der Waals surface area contributed by atoms with Crippen LogP contribution in [0.4, 0.5) is 0 Å². The fourth-order valence-corrected chi connectivity index (χ4v) is 3.88. The van der Waals surface area contributed by atoms with Gasteiger partial charge in [-0.3, -0.25) is 4.68 Å². The van der Waals surface area contributed by atoms with Crippen molar-refractivity contribution in [3.8, 4) is 0 Å². The van der Waals surface area contributed by atoms with Crippen molar-refractivity contribution in [3.63, 3.8) is 0 Å². The summed E-state index contributed by atoms with van der Waals surface area (Å²) < 4.78 is 1.88. The van der Waals surface area contributed by atoms with Crippen molar-refractivity contribution in [1.29, 1.82) is 0 Å². The van der Waals surface area contributed by atoms with E-state index in [-0.39, 0.29) is 0 Å². The zero-order chi connectivity index (χ0) is 12.4. The van der Waals surface area contributed by atoms with Crippen LogP contribution in [0.5, 0.6) is 0 Å². The molecule has 0 aromatic carbocycles. The van der Waals surface area contributed by atoms with Gasteiger partial charge in [0.2, 0.25) is 0 Å². The van der Waals surface area contributed by atoms with Gasteiger partial charge in [-0.2, -0.15) is 5.10 Å². The fraction of sp³-hybridized carbons (Fsp3) is 0.800. The Morgan fingerprint density at radius 1 is 1.22 bits per heavy atom. The summed E-state index contributed by atoms with van der Waals surface area (Å²) in [5.74, 6) is 2.06. The average Bonchev–Trinajstić information content (AvgIpc) is 2.82. The van der Waals surface area contributed by atoms with Gasteiger partial charge in [0.1, 0.15) is 0 Å². The molecular formula is C15H25N3. The fourth-order valence-electron chi connectivity index (χ4n) is 3.88. The molecule has 3 heteroatoms. The van der Waals surface area contributed by atoms with Crippen LogP contribution in [-0.2, 0) is 13.6 Å². The Morgan fingerprint density at radius 3 is 2.83 bits per heavy atom. The van der Waals surface area contributed by atoms with Crippen LogP contribution >= 0.6 is 0 Å². The lowest BCUT2D eigenvalue weighted by Crippen LogP contribution is -2.38. The van der Waals surface area contributed by atoms with Crippen LogP contribution in [0, 0.1) is 11.8 Å². The highest BCUT2D eigenvalue weighted by atomic mass is 15.2. The van der Waals surface area contributed by atoms with Crippen LogP contribution in [0.25, 0.3) is 0 Å². The van der Waals surface area contributed by atoms with E-state index in [1.807, 2.05) is 17.9 Å². The van der Waals surface area contributed by atoms with E-state index in [1.165, 1.54) is 50.5 Å². The Morgan fingerprint density at radius 2 is 2.06 bits per heavy atom. The van der Waals surface area contributed by atoms with Gasteiger partial charge in [0.15, 0.2) is 0 Å². The van der Waals surface area contributed by atoms with Gasteiger partial charge in [0, 0.05) is 31.4 Å². The molecule has 1 N–H and O–H groups in total.